The first kappa shape index (κ1) is 15.4. The minimum atomic E-state index is -2.88. The van der Waals surface area contributed by atoms with Crippen molar-refractivity contribution in [2.24, 2.45) is 0 Å². The third-order valence-electron chi connectivity index (χ3n) is 3.18. The zero-order chi connectivity index (χ0) is 14.6. The second kappa shape index (κ2) is 6.65. The van der Waals surface area contributed by atoms with Crippen LogP contribution in [0.4, 0.5) is 0 Å². The summed E-state index contributed by atoms with van der Waals surface area (Å²) in [5, 5.41) is 5.45. The lowest BCUT2D eigenvalue weighted by Gasteiger charge is -2.17. The predicted octanol–water partition coefficient (Wildman–Crippen LogP) is 2.77. The highest BCUT2D eigenvalue weighted by atomic mass is 32.2. The summed E-state index contributed by atoms with van der Waals surface area (Å²) in [7, 11) is -2.88. The van der Waals surface area contributed by atoms with E-state index >= 15 is 0 Å². The van der Waals surface area contributed by atoms with E-state index < -0.39 is 9.84 Å². The number of pyridine rings is 1. The first-order chi connectivity index (χ1) is 9.49. The minimum Gasteiger partial charge on any atom is -0.310 e. The average Bonchev–Trinajstić information content (AvgIpc) is 2.83. The summed E-state index contributed by atoms with van der Waals surface area (Å²) in [6, 6.07) is 4.33. The molecule has 4 nitrogen and oxygen atoms in total. The van der Waals surface area contributed by atoms with Gasteiger partial charge < -0.3 is 5.32 Å². The normalized spacial score (nSPS) is 13.7. The second-order valence-corrected chi connectivity index (χ2v) is 8.16. The fourth-order valence-electron chi connectivity index (χ4n) is 2.23. The molecule has 110 valence electrons. The molecule has 0 saturated heterocycles. The van der Waals surface area contributed by atoms with Crippen molar-refractivity contribution in [2.45, 2.75) is 25.8 Å². The molecule has 1 N–H and O–H groups in total. The van der Waals surface area contributed by atoms with E-state index in [1.165, 1.54) is 11.0 Å². The molecule has 0 aliphatic carbocycles. The number of fused-ring (bicyclic) bond motifs is 1. The number of hydrogen-bond donors (Lipinski definition) is 1. The van der Waals surface area contributed by atoms with Crippen molar-refractivity contribution >= 4 is 31.4 Å². The van der Waals surface area contributed by atoms with Crippen LogP contribution in [0.15, 0.2) is 23.7 Å². The van der Waals surface area contributed by atoms with Gasteiger partial charge in [0.1, 0.15) is 9.84 Å². The number of sulfone groups is 1. The molecule has 0 fully saturated rings. The molecular formula is C14H20N2O2S2. The standard InChI is InChI=1S/C14H20N2O2S2/c1-3-15-12(5-4-8-20(2,17)18)11-9-14-13(16-10-11)6-7-19-14/h6-7,9-10,12,15H,3-5,8H2,1-2H3. The van der Waals surface area contributed by atoms with Gasteiger partial charge in [-0.2, -0.15) is 0 Å². The Balaban J connectivity index is 2.10. The summed E-state index contributed by atoms with van der Waals surface area (Å²) >= 11 is 1.68. The molecule has 2 aromatic rings. The molecule has 0 spiro atoms. The van der Waals surface area contributed by atoms with Gasteiger partial charge in [-0.1, -0.05) is 6.92 Å². The summed E-state index contributed by atoms with van der Waals surface area (Å²) in [4.78, 5) is 4.45. The molecule has 0 aromatic carbocycles. The van der Waals surface area contributed by atoms with Crippen LogP contribution in [0.3, 0.4) is 0 Å². The van der Waals surface area contributed by atoms with E-state index in [1.807, 2.05) is 17.6 Å². The molecule has 0 saturated carbocycles. The van der Waals surface area contributed by atoms with Gasteiger partial charge in [0.15, 0.2) is 0 Å². The van der Waals surface area contributed by atoms with E-state index in [4.69, 9.17) is 0 Å². The summed E-state index contributed by atoms with van der Waals surface area (Å²) < 4.78 is 23.6. The minimum absolute atomic E-state index is 0.167. The highest BCUT2D eigenvalue weighted by Gasteiger charge is 2.13. The molecule has 0 aliphatic rings. The van der Waals surface area contributed by atoms with E-state index in [-0.39, 0.29) is 11.8 Å². The van der Waals surface area contributed by atoms with Gasteiger partial charge in [-0.3, -0.25) is 4.98 Å². The Morgan fingerprint density at radius 3 is 2.95 bits per heavy atom. The van der Waals surface area contributed by atoms with Crippen LogP contribution in [0.2, 0.25) is 0 Å². The first-order valence-electron chi connectivity index (χ1n) is 6.74. The SMILES string of the molecule is CCNC(CCCS(C)(=O)=O)c1cnc2ccsc2c1. The molecule has 2 heterocycles. The van der Waals surface area contributed by atoms with E-state index in [9.17, 15) is 8.42 Å². The molecule has 0 aliphatic heterocycles. The van der Waals surface area contributed by atoms with Crippen molar-refractivity contribution in [1.29, 1.82) is 0 Å². The topological polar surface area (TPSA) is 59.1 Å². The maximum absolute atomic E-state index is 11.2. The molecule has 20 heavy (non-hydrogen) atoms. The van der Waals surface area contributed by atoms with Crippen LogP contribution in [-0.4, -0.2) is 32.0 Å². The lowest BCUT2D eigenvalue weighted by molar-refractivity contribution is 0.506. The Morgan fingerprint density at radius 1 is 1.45 bits per heavy atom. The summed E-state index contributed by atoms with van der Waals surface area (Å²) in [5.74, 6) is 0.240. The van der Waals surface area contributed by atoms with Gasteiger partial charge in [0.05, 0.1) is 10.2 Å². The molecule has 0 amide bonds. The number of hydrogen-bond acceptors (Lipinski definition) is 5. The Kier molecular flexibility index (Phi) is 5.12. The van der Waals surface area contributed by atoms with E-state index in [1.54, 1.807) is 11.3 Å². The molecule has 6 heteroatoms. The van der Waals surface area contributed by atoms with Gasteiger partial charge in [0.25, 0.3) is 0 Å². The molecule has 1 atom stereocenters. The zero-order valence-electron chi connectivity index (χ0n) is 11.8. The summed E-state index contributed by atoms with van der Waals surface area (Å²) in [5.41, 5.74) is 2.15. The molecule has 2 rings (SSSR count). The summed E-state index contributed by atoms with van der Waals surface area (Å²) in [6.45, 7) is 2.91. The van der Waals surface area contributed by atoms with E-state index in [0.29, 0.717) is 6.42 Å². The molecular weight excluding hydrogens is 292 g/mol. The largest absolute Gasteiger partial charge is 0.310 e. The van der Waals surface area contributed by atoms with Gasteiger partial charge in [0.2, 0.25) is 0 Å². The first-order valence-corrected chi connectivity index (χ1v) is 9.68. The Bertz CT molecular complexity index is 665. The fourth-order valence-corrected chi connectivity index (χ4v) is 3.72. The Morgan fingerprint density at radius 2 is 2.25 bits per heavy atom. The van der Waals surface area contributed by atoms with Crippen molar-refractivity contribution in [2.75, 3.05) is 18.6 Å². The lowest BCUT2D eigenvalue weighted by Crippen LogP contribution is -2.21. The van der Waals surface area contributed by atoms with E-state index in [2.05, 4.69) is 23.3 Å². The maximum Gasteiger partial charge on any atom is 0.147 e. The van der Waals surface area contributed by atoms with Crippen LogP contribution >= 0.6 is 11.3 Å². The number of aromatic nitrogens is 1. The Hall–Kier alpha value is -0.980. The number of rotatable bonds is 7. The highest BCUT2D eigenvalue weighted by Crippen LogP contribution is 2.25. The van der Waals surface area contributed by atoms with Gasteiger partial charge in [0, 0.05) is 24.2 Å². The third kappa shape index (κ3) is 4.26. The molecule has 0 bridgehead atoms. The van der Waals surface area contributed by atoms with Crippen LogP contribution in [0.5, 0.6) is 0 Å². The van der Waals surface area contributed by atoms with Crippen LogP contribution < -0.4 is 5.32 Å². The Labute approximate surface area is 124 Å². The van der Waals surface area contributed by atoms with Crippen LogP contribution in [0.1, 0.15) is 31.4 Å². The average molecular weight is 312 g/mol. The molecule has 2 aromatic heterocycles. The van der Waals surface area contributed by atoms with Crippen molar-refractivity contribution in [3.63, 3.8) is 0 Å². The van der Waals surface area contributed by atoms with Gasteiger partial charge in [-0.05, 0) is 42.5 Å². The highest BCUT2D eigenvalue weighted by molar-refractivity contribution is 7.90. The number of nitrogens with zero attached hydrogens (tertiary/aromatic N) is 1. The smallest absolute Gasteiger partial charge is 0.147 e. The predicted molar refractivity (Wildman–Crippen MR) is 85.0 cm³/mol. The maximum atomic E-state index is 11.2. The lowest BCUT2D eigenvalue weighted by atomic mass is 10.0. The summed E-state index contributed by atoms with van der Waals surface area (Å²) in [6.07, 6.45) is 4.65. The third-order valence-corrected chi connectivity index (χ3v) is 5.07. The molecule has 1 unspecified atom stereocenters. The van der Waals surface area contributed by atoms with Crippen LogP contribution in [-0.2, 0) is 9.84 Å². The number of thiophene rings is 1. The van der Waals surface area contributed by atoms with Crippen molar-refractivity contribution in [3.05, 3.63) is 29.3 Å². The fraction of sp³-hybridized carbons (Fsp3) is 0.500. The van der Waals surface area contributed by atoms with Crippen molar-refractivity contribution in [1.82, 2.24) is 10.3 Å². The monoisotopic (exact) mass is 312 g/mol. The van der Waals surface area contributed by atoms with E-state index in [0.717, 1.165) is 24.0 Å². The zero-order valence-corrected chi connectivity index (χ0v) is 13.4. The van der Waals surface area contributed by atoms with Gasteiger partial charge >= 0.3 is 0 Å². The van der Waals surface area contributed by atoms with Crippen LogP contribution in [0.25, 0.3) is 10.2 Å². The second-order valence-electron chi connectivity index (χ2n) is 4.95. The van der Waals surface area contributed by atoms with Crippen LogP contribution in [0, 0.1) is 0 Å². The van der Waals surface area contributed by atoms with Gasteiger partial charge in [-0.25, -0.2) is 8.42 Å². The number of nitrogens with one attached hydrogen (secondary N) is 1. The van der Waals surface area contributed by atoms with Crippen molar-refractivity contribution < 1.29 is 8.42 Å². The van der Waals surface area contributed by atoms with Crippen molar-refractivity contribution in [3.8, 4) is 0 Å². The van der Waals surface area contributed by atoms with Gasteiger partial charge in [-0.15, -0.1) is 11.3 Å². The molecule has 0 radical (unpaired) electrons. The quantitative estimate of drug-likeness (QED) is 0.854.